The van der Waals surface area contributed by atoms with E-state index in [1.54, 1.807) is 34.6 Å². The highest BCUT2D eigenvalue weighted by molar-refractivity contribution is 5.73. The molecule has 3 fully saturated rings. The Hall–Kier alpha value is -1.79. The van der Waals surface area contributed by atoms with Crippen LogP contribution in [0.1, 0.15) is 107 Å². The summed E-state index contributed by atoms with van der Waals surface area (Å²) in [5.74, 6) is -3.36. The summed E-state index contributed by atoms with van der Waals surface area (Å²) < 4.78 is 38.0. The van der Waals surface area contributed by atoms with Gasteiger partial charge in [0.05, 0.1) is 47.6 Å². The van der Waals surface area contributed by atoms with Gasteiger partial charge in [-0.25, -0.2) is 0 Å². The fourth-order valence-corrected chi connectivity index (χ4v) is 10.2. The molecule has 1 aromatic rings. The lowest BCUT2D eigenvalue weighted by Gasteiger charge is -2.49. The van der Waals surface area contributed by atoms with Gasteiger partial charge in [-0.1, -0.05) is 58.0 Å². The number of rotatable bonds is 12. The average molecular weight is 853 g/mol. The molecule has 0 radical (unpaired) electrons. The molecule has 14 heteroatoms. The molecule has 0 saturated carbocycles. The van der Waals surface area contributed by atoms with Crippen molar-refractivity contribution in [3.8, 4) is 0 Å². The van der Waals surface area contributed by atoms with Crippen molar-refractivity contribution in [2.45, 2.75) is 198 Å². The topological polar surface area (TPSA) is 189 Å². The van der Waals surface area contributed by atoms with Crippen LogP contribution in [-0.4, -0.2) is 154 Å². The predicted molar refractivity (Wildman–Crippen MR) is 228 cm³/mol. The fraction of sp³-hybridized carbons (Fsp3) is 0.848. The first-order chi connectivity index (χ1) is 28.0. The maximum atomic E-state index is 14.4. The minimum absolute atomic E-state index is 0.124. The molecule has 0 amide bonds. The van der Waals surface area contributed by atoms with Crippen molar-refractivity contribution in [2.75, 3.05) is 27.7 Å². The largest absolute Gasteiger partial charge is 0.459 e. The molecule has 346 valence electrons. The normalized spacial score (nSPS) is 45.2. The summed E-state index contributed by atoms with van der Waals surface area (Å²) in [6, 6.07) is 9.48. The third kappa shape index (κ3) is 11.9. The number of ether oxygens (including phenoxy) is 6. The Morgan fingerprint density at radius 2 is 1.55 bits per heavy atom. The number of cyclic esters (lactones) is 1. The number of aryl methyl sites for hydroxylation is 1. The van der Waals surface area contributed by atoms with E-state index in [1.165, 1.54) is 19.6 Å². The number of esters is 1. The Labute approximate surface area is 359 Å². The van der Waals surface area contributed by atoms with Crippen LogP contribution in [0, 0.1) is 23.7 Å². The van der Waals surface area contributed by atoms with Crippen LogP contribution in [0.5, 0.6) is 0 Å². The minimum atomic E-state index is -1.85. The number of methoxy groups -OCH3 is 1. The Balaban J connectivity index is 1.81. The van der Waals surface area contributed by atoms with Crippen LogP contribution in [-0.2, 0) is 39.6 Å². The standard InChI is InChI=1S/C46H80N2O12/c1-14-34-46(10,54)39(50)28(4)36(47-22-18-21-32-19-16-15-17-20-32)26(2)24-44(8,53)41(60-43-37(49)33(48(11)12)23-27(3)56-43)29(5)38(30(6)42(52)58-34)59-35-25-45(9,55-13)40(51)31(7)57-35/h15-17,19-20,26-31,33-41,43,47,49-51,53-54H,14,18,21-25H2,1-13H3/t26-,27-,28+,29+,30-,31+,33+,34?,35+,36+,37-,38?,39-,40+,41-,43+,44-,45-,46-/m1/s1. The second-order valence-corrected chi connectivity index (χ2v) is 19.3. The number of nitrogens with one attached hydrogen (secondary N) is 1. The Kier molecular flexibility index (Phi) is 18.0. The summed E-state index contributed by atoms with van der Waals surface area (Å²) in [4.78, 5) is 16.4. The lowest BCUT2D eigenvalue weighted by Crippen LogP contribution is -2.62. The first-order valence-corrected chi connectivity index (χ1v) is 22.3. The summed E-state index contributed by atoms with van der Waals surface area (Å²) in [5.41, 5.74) is -3.32. The number of likely N-dealkylation sites (N-methyl/N-ethyl adjacent to an activating group) is 1. The summed E-state index contributed by atoms with van der Waals surface area (Å²) in [6.07, 6.45) is -6.92. The van der Waals surface area contributed by atoms with Crippen LogP contribution < -0.4 is 5.32 Å². The number of aliphatic hydroxyl groups is 5. The predicted octanol–water partition coefficient (Wildman–Crippen LogP) is 3.81. The lowest BCUT2D eigenvalue weighted by molar-refractivity contribution is -0.318. The highest BCUT2D eigenvalue weighted by atomic mass is 16.7. The lowest BCUT2D eigenvalue weighted by atomic mass is 9.72. The molecule has 14 nitrogen and oxygen atoms in total. The quantitative estimate of drug-likeness (QED) is 0.132. The van der Waals surface area contributed by atoms with Gasteiger partial charge in [-0.05, 0) is 106 Å². The van der Waals surface area contributed by atoms with E-state index in [1.807, 2.05) is 64.9 Å². The Bertz CT molecular complexity index is 1470. The van der Waals surface area contributed by atoms with Gasteiger partial charge in [0.1, 0.15) is 23.9 Å². The van der Waals surface area contributed by atoms with Gasteiger partial charge in [-0.15, -0.1) is 0 Å². The minimum Gasteiger partial charge on any atom is -0.459 e. The molecule has 4 rings (SSSR count). The number of carbonyl (C=O) groups is 1. The van der Waals surface area contributed by atoms with E-state index in [0.29, 0.717) is 13.0 Å². The molecule has 60 heavy (non-hydrogen) atoms. The molecule has 1 aromatic carbocycles. The van der Waals surface area contributed by atoms with Gasteiger partial charge >= 0.3 is 5.97 Å². The Morgan fingerprint density at radius 3 is 2.15 bits per heavy atom. The van der Waals surface area contributed by atoms with E-state index >= 15 is 0 Å². The maximum Gasteiger partial charge on any atom is 0.311 e. The molecule has 2 unspecified atom stereocenters. The zero-order valence-corrected chi connectivity index (χ0v) is 38.6. The SMILES string of the molecule is CCC1OC(=O)[C@H](C)C(O[C@H]2C[C@@](C)(OC)[C@@H](O)[C@H](C)O2)[C@H](C)[C@@H](O[C@@H]2O[C@H](C)C[C@H](N(C)C)[C@H]2O)[C@](C)(O)C[C@@H](C)[C@H](NCCCc2ccccc2)[C@H](C)[C@@H](O)[C@]1(C)O. The second kappa shape index (κ2) is 21.3. The number of hydrogen-bond acceptors (Lipinski definition) is 14. The van der Waals surface area contributed by atoms with E-state index in [0.717, 1.165) is 12.8 Å². The fourth-order valence-electron chi connectivity index (χ4n) is 10.2. The van der Waals surface area contributed by atoms with Crippen LogP contribution in [0.15, 0.2) is 30.3 Å². The van der Waals surface area contributed by atoms with Crippen LogP contribution in [0.3, 0.4) is 0 Å². The zero-order valence-electron chi connectivity index (χ0n) is 38.6. The zero-order chi connectivity index (χ0) is 44.9. The second-order valence-electron chi connectivity index (χ2n) is 19.3. The summed E-state index contributed by atoms with van der Waals surface area (Å²) in [7, 11) is 5.29. The summed E-state index contributed by atoms with van der Waals surface area (Å²) in [5, 5.41) is 63.5. The van der Waals surface area contributed by atoms with Gasteiger partial charge < -0.3 is 64.2 Å². The molecule has 0 aromatic heterocycles. The third-order valence-electron chi connectivity index (χ3n) is 14.0. The van der Waals surface area contributed by atoms with E-state index in [9.17, 15) is 30.3 Å². The molecule has 0 spiro atoms. The van der Waals surface area contributed by atoms with Crippen molar-refractivity contribution in [1.29, 1.82) is 0 Å². The number of carbonyl (C=O) groups excluding carboxylic acids is 1. The highest BCUT2D eigenvalue weighted by Gasteiger charge is 2.53. The maximum absolute atomic E-state index is 14.4. The van der Waals surface area contributed by atoms with E-state index in [2.05, 4.69) is 17.4 Å². The number of nitrogens with zero attached hydrogens (tertiary/aromatic N) is 1. The average Bonchev–Trinajstić information content (AvgIpc) is 3.19. The van der Waals surface area contributed by atoms with Crippen molar-refractivity contribution in [3.05, 3.63) is 35.9 Å². The molecule has 6 N–H and O–H groups in total. The monoisotopic (exact) mass is 853 g/mol. The smallest absolute Gasteiger partial charge is 0.311 e. The van der Waals surface area contributed by atoms with Gasteiger partial charge in [-0.3, -0.25) is 4.79 Å². The Morgan fingerprint density at radius 1 is 0.900 bits per heavy atom. The van der Waals surface area contributed by atoms with E-state index in [-0.39, 0.29) is 37.3 Å². The van der Waals surface area contributed by atoms with Crippen molar-refractivity contribution in [3.63, 3.8) is 0 Å². The summed E-state index contributed by atoms with van der Waals surface area (Å²) in [6.45, 7) is 18.4. The summed E-state index contributed by atoms with van der Waals surface area (Å²) >= 11 is 0. The van der Waals surface area contributed by atoms with Gasteiger partial charge in [0.15, 0.2) is 12.6 Å². The number of aliphatic hydroxyl groups excluding tert-OH is 3. The van der Waals surface area contributed by atoms with Crippen LogP contribution in [0.2, 0.25) is 0 Å². The van der Waals surface area contributed by atoms with Gasteiger partial charge in [0.2, 0.25) is 0 Å². The molecule has 3 saturated heterocycles. The molecular weight excluding hydrogens is 773 g/mol. The molecule has 0 bridgehead atoms. The van der Waals surface area contributed by atoms with Gasteiger partial charge in [0, 0.05) is 37.5 Å². The van der Waals surface area contributed by atoms with E-state index < -0.39 is 102 Å². The molecule has 19 atom stereocenters. The molecule has 3 heterocycles. The van der Waals surface area contributed by atoms with Crippen molar-refractivity contribution in [2.24, 2.45) is 23.7 Å². The van der Waals surface area contributed by atoms with Gasteiger partial charge in [-0.2, -0.15) is 0 Å². The van der Waals surface area contributed by atoms with Crippen molar-refractivity contribution in [1.82, 2.24) is 10.2 Å². The highest BCUT2D eigenvalue weighted by Crippen LogP contribution is 2.41. The number of hydrogen-bond donors (Lipinski definition) is 6. The first-order valence-electron chi connectivity index (χ1n) is 22.3. The molecule has 3 aliphatic rings. The first kappa shape index (κ1) is 50.9. The van der Waals surface area contributed by atoms with Crippen LogP contribution in [0.25, 0.3) is 0 Å². The van der Waals surface area contributed by atoms with Crippen LogP contribution in [0.4, 0.5) is 0 Å². The number of benzene rings is 1. The van der Waals surface area contributed by atoms with Crippen LogP contribution >= 0.6 is 0 Å². The van der Waals surface area contributed by atoms with Gasteiger partial charge in [0.25, 0.3) is 0 Å². The van der Waals surface area contributed by atoms with E-state index in [4.69, 9.17) is 28.4 Å². The van der Waals surface area contributed by atoms with Crippen molar-refractivity contribution >= 4 is 5.97 Å². The molecule has 3 aliphatic heterocycles. The van der Waals surface area contributed by atoms with Crippen molar-refractivity contribution < 1.29 is 58.7 Å². The third-order valence-corrected chi connectivity index (χ3v) is 14.0. The molecular formula is C46H80N2O12. The molecule has 0 aliphatic carbocycles.